The molecule has 1 N–H and O–H groups in total. The zero-order valence-corrected chi connectivity index (χ0v) is 16.1. The Balaban J connectivity index is 1.59. The lowest BCUT2D eigenvalue weighted by molar-refractivity contribution is 0.0474. The highest BCUT2D eigenvalue weighted by atomic mass is 32.2. The summed E-state index contributed by atoms with van der Waals surface area (Å²) >= 11 is 0. The Morgan fingerprint density at radius 2 is 1.67 bits per heavy atom. The summed E-state index contributed by atoms with van der Waals surface area (Å²) in [6, 6.07) is 10.7. The Bertz CT molecular complexity index is 1160. The smallest absolute Gasteiger partial charge is 0.338 e. The number of carbonyl (C=O) groups is 2. The van der Waals surface area contributed by atoms with Crippen LogP contribution in [0.2, 0.25) is 0 Å². The standard InChI is InChI=1S/C20H15F2NO6S/c21-17-8-5-14(10-18(17)22)19(24)12-29-20(25)13-3-6-16(7-4-13)30(26,27)23-11-15-2-1-9-28-15/h1-10,23H,11-12H2. The molecule has 0 amide bonds. The zero-order valence-electron chi connectivity index (χ0n) is 15.3. The van der Waals surface area contributed by atoms with E-state index in [0.717, 1.165) is 12.1 Å². The molecule has 0 spiro atoms. The molecule has 7 nitrogen and oxygen atoms in total. The number of nitrogens with one attached hydrogen (secondary N) is 1. The van der Waals surface area contributed by atoms with E-state index in [1.807, 2.05) is 0 Å². The third-order valence-electron chi connectivity index (χ3n) is 3.99. The third kappa shape index (κ3) is 5.16. The van der Waals surface area contributed by atoms with Crippen molar-refractivity contribution in [2.24, 2.45) is 0 Å². The van der Waals surface area contributed by atoms with E-state index in [4.69, 9.17) is 9.15 Å². The lowest BCUT2D eigenvalue weighted by atomic mass is 10.1. The van der Waals surface area contributed by atoms with Gasteiger partial charge in [0.2, 0.25) is 10.0 Å². The van der Waals surface area contributed by atoms with E-state index < -0.39 is 40.0 Å². The average Bonchev–Trinajstić information content (AvgIpc) is 3.26. The van der Waals surface area contributed by atoms with Crippen LogP contribution in [-0.2, 0) is 21.3 Å². The molecule has 30 heavy (non-hydrogen) atoms. The second kappa shape index (κ2) is 8.97. The molecule has 0 fully saturated rings. The first-order valence-corrected chi connectivity index (χ1v) is 10.0. The lowest BCUT2D eigenvalue weighted by Gasteiger charge is -2.07. The normalized spacial score (nSPS) is 11.3. The van der Waals surface area contributed by atoms with Gasteiger partial charge >= 0.3 is 5.97 Å². The SMILES string of the molecule is O=C(COC(=O)c1ccc(S(=O)(=O)NCc2ccco2)cc1)c1ccc(F)c(F)c1. The number of furan rings is 1. The Morgan fingerprint density at radius 3 is 2.30 bits per heavy atom. The second-order valence-corrected chi connectivity index (χ2v) is 7.82. The maximum atomic E-state index is 13.2. The first-order chi connectivity index (χ1) is 14.3. The van der Waals surface area contributed by atoms with Gasteiger partial charge in [-0.05, 0) is 54.6 Å². The van der Waals surface area contributed by atoms with Gasteiger partial charge in [0.1, 0.15) is 5.76 Å². The lowest BCUT2D eigenvalue weighted by Crippen LogP contribution is -2.23. The third-order valence-corrected chi connectivity index (χ3v) is 5.41. The Kier molecular flexibility index (Phi) is 6.38. The largest absolute Gasteiger partial charge is 0.468 e. The number of ether oxygens (including phenoxy) is 1. The number of hydrogen-bond donors (Lipinski definition) is 1. The molecular weight excluding hydrogens is 420 g/mol. The van der Waals surface area contributed by atoms with Crippen molar-refractivity contribution < 1.29 is 35.9 Å². The van der Waals surface area contributed by atoms with E-state index in [1.54, 1.807) is 12.1 Å². The van der Waals surface area contributed by atoms with Crippen molar-refractivity contribution in [1.29, 1.82) is 0 Å². The molecule has 1 heterocycles. The van der Waals surface area contributed by atoms with Crippen molar-refractivity contribution in [3.63, 3.8) is 0 Å². The number of esters is 1. The molecule has 10 heteroatoms. The molecule has 0 aliphatic carbocycles. The van der Waals surface area contributed by atoms with E-state index in [-0.39, 0.29) is 22.6 Å². The molecule has 0 aliphatic rings. The topological polar surface area (TPSA) is 103 Å². The Labute approximate surface area is 170 Å². The van der Waals surface area contributed by atoms with Crippen molar-refractivity contribution in [2.45, 2.75) is 11.4 Å². The molecule has 0 atom stereocenters. The summed E-state index contributed by atoms with van der Waals surface area (Å²) in [6.07, 6.45) is 1.42. The average molecular weight is 435 g/mol. The van der Waals surface area contributed by atoms with Gasteiger partial charge in [-0.2, -0.15) is 0 Å². The zero-order chi connectivity index (χ0) is 21.7. The fraction of sp³-hybridized carbons (Fsp3) is 0.100. The minimum absolute atomic E-state index is 0.0121. The maximum Gasteiger partial charge on any atom is 0.338 e. The summed E-state index contributed by atoms with van der Waals surface area (Å²) in [7, 11) is -3.83. The van der Waals surface area contributed by atoms with Crippen molar-refractivity contribution in [3.05, 3.63) is 89.4 Å². The number of Topliss-reactive ketones (excluding diaryl/α,β-unsaturated/α-hetero) is 1. The van der Waals surface area contributed by atoms with E-state index in [2.05, 4.69) is 4.72 Å². The number of sulfonamides is 1. The number of halogens is 2. The molecule has 3 aromatic rings. The Hall–Kier alpha value is -3.37. The van der Waals surface area contributed by atoms with Crippen LogP contribution in [-0.4, -0.2) is 26.8 Å². The molecule has 3 rings (SSSR count). The molecule has 0 unspecified atom stereocenters. The maximum absolute atomic E-state index is 13.2. The van der Waals surface area contributed by atoms with E-state index in [0.29, 0.717) is 11.8 Å². The van der Waals surface area contributed by atoms with Gasteiger partial charge in [0, 0.05) is 5.56 Å². The Morgan fingerprint density at radius 1 is 0.967 bits per heavy atom. The van der Waals surface area contributed by atoms with Gasteiger partial charge in [-0.3, -0.25) is 4.79 Å². The van der Waals surface area contributed by atoms with Gasteiger partial charge in [0.15, 0.2) is 24.0 Å². The van der Waals surface area contributed by atoms with Crippen molar-refractivity contribution in [1.82, 2.24) is 4.72 Å². The van der Waals surface area contributed by atoms with Gasteiger partial charge < -0.3 is 9.15 Å². The van der Waals surface area contributed by atoms with Crippen LogP contribution in [0.4, 0.5) is 8.78 Å². The molecule has 1 aromatic heterocycles. The molecule has 156 valence electrons. The van der Waals surface area contributed by atoms with Crippen LogP contribution in [0.1, 0.15) is 26.5 Å². The summed E-state index contributed by atoms with van der Waals surface area (Å²) in [6.45, 7) is -0.722. The highest BCUT2D eigenvalue weighted by molar-refractivity contribution is 7.89. The first-order valence-electron chi connectivity index (χ1n) is 8.54. The number of hydrogen-bond acceptors (Lipinski definition) is 6. The van der Waals surface area contributed by atoms with E-state index in [9.17, 15) is 26.8 Å². The van der Waals surface area contributed by atoms with Gasteiger partial charge in [-0.25, -0.2) is 26.7 Å². The first kappa shape index (κ1) is 21.3. The van der Waals surface area contributed by atoms with Gasteiger partial charge in [0.25, 0.3) is 0 Å². The van der Waals surface area contributed by atoms with Crippen LogP contribution in [0.5, 0.6) is 0 Å². The van der Waals surface area contributed by atoms with Crippen LogP contribution in [0.15, 0.2) is 70.2 Å². The van der Waals surface area contributed by atoms with Gasteiger partial charge in [-0.15, -0.1) is 0 Å². The van der Waals surface area contributed by atoms with Crippen LogP contribution >= 0.6 is 0 Å². The minimum Gasteiger partial charge on any atom is -0.468 e. The summed E-state index contributed by atoms with van der Waals surface area (Å²) in [5, 5.41) is 0. The molecular formula is C20H15F2NO6S. The second-order valence-electron chi connectivity index (χ2n) is 6.06. The number of benzene rings is 2. The molecule has 2 aromatic carbocycles. The van der Waals surface area contributed by atoms with E-state index >= 15 is 0 Å². The summed E-state index contributed by atoms with van der Waals surface area (Å²) < 4.78 is 62.9. The molecule has 0 bridgehead atoms. The summed E-state index contributed by atoms with van der Waals surface area (Å²) in [5.74, 6) is -3.45. The quantitative estimate of drug-likeness (QED) is 0.431. The van der Waals surface area contributed by atoms with Crippen molar-refractivity contribution in [2.75, 3.05) is 6.61 Å². The number of carbonyl (C=O) groups excluding carboxylic acids is 2. The predicted octanol–water partition coefficient (Wildman–Crippen LogP) is 3.08. The number of ketones is 1. The monoisotopic (exact) mass is 435 g/mol. The fourth-order valence-electron chi connectivity index (χ4n) is 2.40. The highest BCUT2D eigenvalue weighted by Crippen LogP contribution is 2.13. The molecule has 0 aliphatic heterocycles. The van der Waals surface area contributed by atoms with Crippen LogP contribution in [0, 0.1) is 11.6 Å². The van der Waals surface area contributed by atoms with Crippen LogP contribution in [0.3, 0.4) is 0 Å². The van der Waals surface area contributed by atoms with Crippen LogP contribution < -0.4 is 4.72 Å². The van der Waals surface area contributed by atoms with Gasteiger partial charge in [0.05, 0.1) is 23.3 Å². The minimum atomic E-state index is -3.83. The molecule has 0 radical (unpaired) electrons. The van der Waals surface area contributed by atoms with E-state index in [1.165, 1.54) is 30.5 Å². The van der Waals surface area contributed by atoms with Crippen molar-refractivity contribution >= 4 is 21.8 Å². The van der Waals surface area contributed by atoms with Gasteiger partial charge in [-0.1, -0.05) is 0 Å². The molecule has 0 saturated heterocycles. The fourth-order valence-corrected chi connectivity index (χ4v) is 3.39. The van der Waals surface area contributed by atoms with Crippen molar-refractivity contribution in [3.8, 4) is 0 Å². The molecule has 0 saturated carbocycles. The summed E-state index contributed by atoms with van der Waals surface area (Å²) in [4.78, 5) is 23.9. The van der Waals surface area contributed by atoms with Crippen LogP contribution in [0.25, 0.3) is 0 Å². The number of rotatable bonds is 8. The highest BCUT2D eigenvalue weighted by Gasteiger charge is 2.17. The summed E-state index contributed by atoms with van der Waals surface area (Å²) in [5.41, 5.74) is -0.135. The predicted molar refractivity (Wildman–Crippen MR) is 100 cm³/mol.